The van der Waals surface area contributed by atoms with Crippen molar-refractivity contribution in [2.24, 2.45) is 4.99 Å². The first-order chi connectivity index (χ1) is 15.4. The van der Waals surface area contributed by atoms with Gasteiger partial charge in [-0.05, 0) is 30.7 Å². The van der Waals surface area contributed by atoms with Gasteiger partial charge in [0.05, 0.1) is 4.90 Å². The molecule has 176 valence electrons. The number of carbonyl (C=O) groups excluding carboxylic acids is 2. The Balaban J connectivity index is 2.08. The van der Waals surface area contributed by atoms with E-state index in [1.807, 2.05) is 0 Å². The van der Waals surface area contributed by atoms with Crippen LogP contribution in [0.5, 0.6) is 0 Å². The van der Waals surface area contributed by atoms with Crippen LogP contribution in [-0.4, -0.2) is 49.4 Å². The fraction of sp³-hybridized carbons (Fsp3) is 0.286. The second kappa shape index (κ2) is 8.94. The summed E-state index contributed by atoms with van der Waals surface area (Å²) >= 11 is 0. The van der Waals surface area contributed by atoms with E-state index in [1.54, 1.807) is 25.1 Å². The second-order valence-electron chi connectivity index (χ2n) is 7.28. The van der Waals surface area contributed by atoms with Gasteiger partial charge in [0.1, 0.15) is 5.84 Å². The number of nitrogens with one attached hydrogen (secondary N) is 2. The maximum absolute atomic E-state index is 14.3. The van der Waals surface area contributed by atoms with Gasteiger partial charge >= 0.3 is 11.8 Å². The summed E-state index contributed by atoms with van der Waals surface area (Å²) in [6.45, 7) is 2.83. The molecule has 2 amide bonds. The first kappa shape index (κ1) is 24.4. The highest BCUT2D eigenvalue weighted by atomic mass is 32.2. The normalized spacial score (nSPS) is 18.9. The number of nitrogens with zero attached hydrogens (tertiary/aromatic N) is 2. The molecule has 2 aromatic rings. The third-order valence-corrected chi connectivity index (χ3v) is 6.20. The Hall–Kier alpha value is -3.25. The number of alkyl halides is 3. The summed E-state index contributed by atoms with van der Waals surface area (Å²) in [7, 11) is -4.84. The molecule has 8 nitrogen and oxygen atoms in total. The van der Waals surface area contributed by atoms with Gasteiger partial charge in [-0.15, -0.1) is 0 Å². The van der Waals surface area contributed by atoms with Crippen LogP contribution in [0, 0.1) is 0 Å². The van der Waals surface area contributed by atoms with Gasteiger partial charge in [0.25, 0.3) is 5.91 Å². The number of carbonyl (C=O) groups is 2. The SMILES string of the molecule is CCCN1C(=O)[C@](NS(=O)(=O)c2ccc(NC(C)=O)cc2)(C(F)(F)F)N=C1c1ccccc1. The van der Waals surface area contributed by atoms with Gasteiger partial charge in [0.15, 0.2) is 0 Å². The lowest BCUT2D eigenvalue weighted by molar-refractivity contribution is -0.194. The summed E-state index contributed by atoms with van der Waals surface area (Å²) in [6, 6.07) is 12.2. The smallest absolute Gasteiger partial charge is 0.326 e. The summed E-state index contributed by atoms with van der Waals surface area (Å²) in [5.74, 6) is -2.22. The van der Waals surface area contributed by atoms with Crippen LogP contribution in [0.1, 0.15) is 25.8 Å². The first-order valence-corrected chi connectivity index (χ1v) is 11.3. The minimum absolute atomic E-state index is 0.0858. The van der Waals surface area contributed by atoms with E-state index < -0.39 is 38.6 Å². The van der Waals surface area contributed by atoms with Crippen molar-refractivity contribution in [1.29, 1.82) is 0 Å². The maximum Gasteiger partial charge on any atom is 0.437 e. The van der Waals surface area contributed by atoms with Crippen molar-refractivity contribution in [3.8, 4) is 0 Å². The van der Waals surface area contributed by atoms with Gasteiger partial charge in [-0.2, -0.15) is 17.9 Å². The van der Waals surface area contributed by atoms with E-state index in [1.165, 1.54) is 35.9 Å². The van der Waals surface area contributed by atoms with Gasteiger partial charge in [0, 0.05) is 24.7 Å². The highest BCUT2D eigenvalue weighted by Gasteiger charge is 2.67. The standard InChI is InChI=1S/C21H21F3N4O4S/c1-3-13-28-18(15-7-5-4-6-8-15)26-20(19(28)30,21(22,23)24)27-33(31,32)17-11-9-16(10-12-17)25-14(2)29/h4-12,27H,3,13H2,1-2H3,(H,25,29)/t20-/m0/s1. The van der Waals surface area contributed by atoms with Crippen molar-refractivity contribution in [3.63, 3.8) is 0 Å². The molecule has 0 saturated heterocycles. The van der Waals surface area contributed by atoms with Gasteiger partial charge in [-0.25, -0.2) is 13.4 Å². The topological polar surface area (TPSA) is 108 Å². The van der Waals surface area contributed by atoms with Crippen LogP contribution in [0.4, 0.5) is 18.9 Å². The Morgan fingerprint density at radius 3 is 2.21 bits per heavy atom. The first-order valence-electron chi connectivity index (χ1n) is 9.87. The molecule has 1 atom stereocenters. The predicted octanol–water partition coefficient (Wildman–Crippen LogP) is 2.88. The molecular weight excluding hydrogens is 461 g/mol. The minimum Gasteiger partial charge on any atom is -0.326 e. The third-order valence-electron chi connectivity index (χ3n) is 4.74. The zero-order valence-electron chi connectivity index (χ0n) is 17.7. The zero-order valence-corrected chi connectivity index (χ0v) is 18.5. The fourth-order valence-electron chi connectivity index (χ4n) is 3.28. The Bertz CT molecular complexity index is 1180. The summed E-state index contributed by atoms with van der Waals surface area (Å²) < 4.78 is 70.2. The summed E-state index contributed by atoms with van der Waals surface area (Å²) in [5.41, 5.74) is -3.23. The minimum atomic E-state index is -5.37. The Labute approximate surface area is 188 Å². The van der Waals surface area contributed by atoms with Crippen molar-refractivity contribution in [1.82, 2.24) is 9.62 Å². The van der Waals surface area contributed by atoms with Crippen LogP contribution < -0.4 is 10.0 Å². The molecule has 0 bridgehead atoms. The molecule has 1 aliphatic rings. The van der Waals surface area contributed by atoms with Crippen molar-refractivity contribution in [3.05, 3.63) is 60.2 Å². The van der Waals surface area contributed by atoms with E-state index in [9.17, 15) is 31.2 Å². The van der Waals surface area contributed by atoms with Gasteiger partial charge in [-0.1, -0.05) is 37.3 Å². The average molecular weight is 482 g/mol. The zero-order chi connectivity index (χ0) is 24.4. The van der Waals surface area contributed by atoms with Crippen molar-refractivity contribution in [2.45, 2.75) is 37.0 Å². The van der Waals surface area contributed by atoms with E-state index in [2.05, 4.69) is 10.3 Å². The largest absolute Gasteiger partial charge is 0.437 e. The van der Waals surface area contributed by atoms with Crippen molar-refractivity contribution in [2.75, 3.05) is 11.9 Å². The summed E-state index contributed by atoms with van der Waals surface area (Å²) in [6.07, 6.45) is -5.04. The Morgan fingerprint density at radius 1 is 1.09 bits per heavy atom. The number of amides is 2. The van der Waals surface area contributed by atoms with E-state index in [0.29, 0.717) is 6.42 Å². The molecule has 0 aromatic heterocycles. The van der Waals surface area contributed by atoms with Gasteiger partial charge in [-0.3, -0.25) is 14.5 Å². The van der Waals surface area contributed by atoms with Gasteiger partial charge in [0.2, 0.25) is 15.9 Å². The molecule has 0 radical (unpaired) electrons. The van der Waals surface area contributed by atoms with Crippen molar-refractivity contribution < 1.29 is 31.2 Å². The Kier molecular flexibility index (Phi) is 6.61. The van der Waals surface area contributed by atoms with Crippen molar-refractivity contribution >= 4 is 33.4 Å². The second-order valence-corrected chi connectivity index (χ2v) is 8.96. The molecule has 0 aliphatic carbocycles. The van der Waals surface area contributed by atoms with E-state index in [0.717, 1.165) is 17.0 Å². The highest BCUT2D eigenvalue weighted by Crippen LogP contribution is 2.39. The number of halogens is 3. The lowest BCUT2D eigenvalue weighted by Gasteiger charge is -2.28. The van der Waals surface area contributed by atoms with E-state index in [4.69, 9.17) is 0 Å². The van der Waals surface area contributed by atoms with Crippen LogP contribution in [0.2, 0.25) is 0 Å². The number of anilines is 1. The fourth-order valence-corrected chi connectivity index (χ4v) is 4.53. The van der Waals surface area contributed by atoms with Crippen LogP contribution in [0.25, 0.3) is 0 Å². The molecular formula is C21H21F3N4O4S. The molecule has 0 saturated carbocycles. The number of hydrogen-bond donors (Lipinski definition) is 2. The lowest BCUT2D eigenvalue weighted by Crippen LogP contribution is -2.63. The molecule has 0 spiro atoms. The number of aliphatic imine (C=N–C) groups is 1. The summed E-state index contributed by atoms with van der Waals surface area (Å²) in [5, 5.41) is 2.42. The molecule has 1 heterocycles. The highest BCUT2D eigenvalue weighted by molar-refractivity contribution is 7.89. The quantitative estimate of drug-likeness (QED) is 0.633. The van der Waals surface area contributed by atoms with E-state index >= 15 is 0 Å². The number of rotatable bonds is 7. The number of sulfonamides is 1. The van der Waals surface area contributed by atoms with Crippen LogP contribution >= 0.6 is 0 Å². The maximum atomic E-state index is 14.3. The van der Waals surface area contributed by atoms with Crippen LogP contribution in [0.15, 0.2) is 64.5 Å². The molecule has 0 fully saturated rings. The number of benzene rings is 2. The third kappa shape index (κ3) is 4.76. The van der Waals surface area contributed by atoms with Crippen LogP contribution in [-0.2, 0) is 19.6 Å². The lowest BCUT2D eigenvalue weighted by atomic mass is 10.1. The molecule has 2 N–H and O–H groups in total. The molecule has 3 rings (SSSR count). The molecule has 12 heteroatoms. The molecule has 1 aliphatic heterocycles. The van der Waals surface area contributed by atoms with Crippen LogP contribution in [0.3, 0.4) is 0 Å². The average Bonchev–Trinajstić information content (AvgIpc) is 3.01. The predicted molar refractivity (Wildman–Crippen MR) is 115 cm³/mol. The molecule has 2 aromatic carbocycles. The molecule has 0 unspecified atom stereocenters. The number of hydrogen-bond acceptors (Lipinski definition) is 5. The Morgan fingerprint density at radius 2 is 1.70 bits per heavy atom. The number of amidine groups is 1. The monoisotopic (exact) mass is 482 g/mol. The summed E-state index contributed by atoms with van der Waals surface area (Å²) in [4.78, 5) is 28.1. The van der Waals surface area contributed by atoms with Gasteiger partial charge < -0.3 is 5.32 Å². The molecule has 33 heavy (non-hydrogen) atoms. The van der Waals surface area contributed by atoms with E-state index in [-0.39, 0.29) is 23.6 Å².